The highest BCUT2D eigenvalue weighted by Gasteiger charge is 2.11. The van der Waals surface area contributed by atoms with Crippen LogP contribution in [0.25, 0.3) is 0 Å². The SMILES string of the molecule is Cn1cnc(NCc2cccc(OCC(C)(C)C)c2)n1. The van der Waals surface area contributed by atoms with E-state index in [2.05, 4.69) is 42.2 Å². The highest BCUT2D eigenvalue weighted by molar-refractivity contribution is 5.32. The van der Waals surface area contributed by atoms with Gasteiger partial charge in [-0.2, -0.15) is 0 Å². The summed E-state index contributed by atoms with van der Waals surface area (Å²) >= 11 is 0. The molecule has 1 N–H and O–H groups in total. The summed E-state index contributed by atoms with van der Waals surface area (Å²) in [6.07, 6.45) is 1.67. The lowest BCUT2D eigenvalue weighted by Crippen LogP contribution is -2.16. The zero-order valence-electron chi connectivity index (χ0n) is 12.6. The van der Waals surface area contributed by atoms with Crippen molar-refractivity contribution in [3.63, 3.8) is 0 Å². The Morgan fingerprint density at radius 1 is 1.30 bits per heavy atom. The first-order chi connectivity index (χ1) is 9.42. The van der Waals surface area contributed by atoms with Crippen LogP contribution in [0.1, 0.15) is 26.3 Å². The average molecular weight is 274 g/mol. The van der Waals surface area contributed by atoms with E-state index < -0.39 is 0 Å². The van der Waals surface area contributed by atoms with Crippen LogP contribution in [-0.2, 0) is 13.6 Å². The molecule has 5 nitrogen and oxygen atoms in total. The monoisotopic (exact) mass is 274 g/mol. The van der Waals surface area contributed by atoms with Crippen LogP contribution in [0.5, 0.6) is 5.75 Å². The molecule has 20 heavy (non-hydrogen) atoms. The van der Waals surface area contributed by atoms with Gasteiger partial charge in [0.1, 0.15) is 12.1 Å². The van der Waals surface area contributed by atoms with Crippen molar-refractivity contribution in [3.8, 4) is 5.75 Å². The van der Waals surface area contributed by atoms with Crippen LogP contribution in [-0.4, -0.2) is 21.4 Å². The minimum atomic E-state index is 0.159. The lowest BCUT2D eigenvalue weighted by Gasteiger charge is -2.19. The van der Waals surface area contributed by atoms with Crippen molar-refractivity contribution in [2.45, 2.75) is 27.3 Å². The zero-order valence-corrected chi connectivity index (χ0v) is 12.6. The summed E-state index contributed by atoms with van der Waals surface area (Å²) in [7, 11) is 1.85. The van der Waals surface area contributed by atoms with Crippen molar-refractivity contribution in [1.29, 1.82) is 0 Å². The summed E-state index contributed by atoms with van der Waals surface area (Å²) in [6.45, 7) is 7.85. The fourth-order valence-corrected chi connectivity index (χ4v) is 1.65. The van der Waals surface area contributed by atoms with Gasteiger partial charge in [-0.15, -0.1) is 5.10 Å². The van der Waals surface area contributed by atoms with E-state index in [1.807, 2.05) is 25.2 Å². The first-order valence-electron chi connectivity index (χ1n) is 6.74. The molecule has 0 amide bonds. The molecule has 0 saturated carbocycles. The Hall–Kier alpha value is -2.04. The van der Waals surface area contributed by atoms with Gasteiger partial charge in [0.15, 0.2) is 0 Å². The van der Waals surface area contributed by atoms with Gasteiger partial charge < -0.3 is 10.1 Å². The van der Waals surface area contributed by atoms with Gasteiger partial charge in [0.25, 0.3) is 0 Å². The smallest absolute Gasteiger partial charge is 0.242 e. The third kappa shape index (κ3) is 4.57. The van der Waals surface area contributed by atoms with Crippen LogP contribution < -0.4 is 10.1 Å². The van der Waals surface area contributed by atoms with Crippen molar-refractivity contribution in [2.75, 3.05) is 11.9 Å². The highest BCUT2D eigenvalue weighted by atomic mass is 16.5. The number of hydrogen-bond acceptors (Lipinski definition) is 4. The van der Waals surface area contributed by atoms with Gasteiger partial charge in [0.2, 0.25) is 5.95 Å². The lowest BCUT2D eigenvalue weighted by atomic mass is 9.99. The van der Waals surface area contributed by atoms with Gasteiger partial charge in [-0.25, -0.2) is 4.98 Å². The number of ether oxygens (including phenoxy) is 1. The third-order valence-corrected chi connectivity index (χ3v) is 2.62. The fraction of sp³-hybridized carbons (Fsp3) is 0.467. The molecule has 108 valence electrons. The molecular formula is C15H22N4O. The van der Waals surface area contributed by atoms with E-state index in [4.69, 9.17) is 4.74 Å². The number of nitrogens with zero attached hydrogens (tertiary/aromatic N) is 3. The molecule has 0 aliphatic carbocycles. The molecule has 0 saturated heterocycles. The molecule has 0 aliphatic rings. The molecule has 0 spiro atoms. The Morgan fingerprint density at radius 3 is 2.75 bits per heavy atom. The molecule has 2 aromatic rings. The van der Waals surface area contributed by atoms with Gasteiger partial charge in [0.05, 0.1) is 6.61 Å². The third-order valence-electron chi connectivity index (χ3n) is 2.62. The fourth-order valence-electron chi connectivity index (χ4n) is 1.65. The van der Waals surface area contributed by atoms with Crippen molar-refractivity contribution >= 4 is 5.95 Å². The lowest BCUT2D eigenvalue weighted by molar-refractivity contribution is 0.198. The minimum Gasteiger partial charge on any atom is -0.493 e. The molecule has 0 atom stereocenters. The molecule has 0 aliphatic heterocycles. The van der Waals surface area contributed by atoms with Crippen LogP contribution in [0.15, 0.2) is 30.6 Å². The zero-order chi connectivity index (χ0) is 14.6. The van der Waals surface area contributed by atoms with Crippen molar-refractivity contribution in [1.82, 2.24) is 14.8 Å². The number of anilines is 1. The largest absolute Gasteiger partial charge is 0.493 e. The van der Waals surface area contributed by atoms with E-state index in [1.165, 1.54) is 0 Å². The topological polar surface area (TPSA) is 52.0 Å². The molecule has 5 heteroatoms. The quantitative estimate of drug-likeness (QED) is 0.911. The molecule has 1 aromatic carbocycles. The number of rotatable bonds is 5. The maximum atomic E-state index is 5.80. The van der Waals surface area contributed by atoms with E-state index in [-0.39, 0.29) is 5.41 Å². The minimum absolute atomic E-state index is 0.159. The summed E-state index contributed by atoms with van der Waals surface area (Å²) in [6, 6.07) is 8.08. The van der Waals surface area contributed by atoms with Crippen molar-refractivity contribution in [2.24, 2.45) is 12.5 Å². The summed E-state index contributed by atoms with van der Waals surface area (Å²) in [5, 5.41) is 7.36. The summed E-state index contributed by atoms with van der Waals surface area (Å²) in [5.74, 6) is 1.53. The summed E-state index contributed by atoms with van der Waals surface area (Å²) in [5.41, 5.74) is 1.30. The second-order valence-corrected chi connectivity index (χ2v) is 6.09. The van der Waals surface area contributed by atoms with Crippen molar-refractivity contribution < 1.29 is 4.74 Å². The molecule has 0 unspecified atom stereocenters. The molecule has 1 aromatic heterocycles. The van der Waals surface area contributed by atoms with Gasteiger partial charge in [0, 0.05) is 13.6 Å². The number of hydrogen-bond donors (Lipinski definition) is 1. The van der Waals surface area contributed by atoms with Gasteiger partial charge in [-0.1, -0.05) is 32.9 Å². The highest BCUT2D eigenvalue weighted by Crippen LogP contribution is 2.19. The summed E-state index contributed by atoms with van der Waals surface area (Å²) < 4.78 is 7.48. The Bertz CT molecular complexity index is 557. The standard InChI is InChI=1S/C15H22N4O/c1-15(2,3)10-20-13-7-5-6-12(8-13)9-16-14-17-11-19(4)18-14/h5-8,11H,9-10H2,1-4H3,(H,16,18). The predicted molar refractivity (Wildman–Crippen MR) is 79.7 cm³/mol. The van der Waals surface area contributed by atoms with E-state index in [9.17, 15) is 0 Å². The first kappa shape index (κ1) is 14.4. The average Bonchev–Trinajstić information content (AvgIpc) is 2.80. The number of nitrogens with one attached hydrogen (secondary N) is 1. The van der Waals surface area contributed by atoms with Crippen LogP contribution >= 0.6 is 0 Å². The predicted octanol–water partition coefficient (Wildman–Crippen LogP) is 2.85. The normalized spacial score (nSPS) is 11.4. The van der Waals surface area contributed by atoms with Gasteiger partial charge >= 0.3 is 0 Å². The van der Waals surface area contributed by atoms with Crippen LogP contribution in [0, 0.1) is 5.41 Å². The van der Waals surface area contributed by atoms with Gasteiger partial charge in [-0.05, 0) is 23.1 Å². The second-order valence-electron chi connectivity index (χ2n) is 6.09. The Morgan fingerprint density at radius 2 is 2.10 bits per heavy atom. The van der Waals surface area contributed by atoms with Crippen LogP contribution in [0.2, 0.25) is 0 Å². The number of benzene rings is 1. The Labute approximate surface area is 120 Å². The number of aromatic nitrogens is 3. The van der Waals surface area contributed by atoms with Crippen molar-refractivity contribution in [3.05, 3.63) is 36.2 Å². The van der Waals surface area contributed by atoms with E-state index in [1.54, 1.807) is 11.0 Å². The van der Waals surface area contributed by atoms with Crippen LogP contribution in [0.3, 0.4) is 0 Å². The molecule has 0 bridgehead atoms. The molecular weight excluding hydrogens is 252 g/mol. The molecule has 0 radical (unpaired) electrons. The summed E-state index contributed by atoms with van der Waals surface area (Å²) in [4.78, 5) is 4.13. The molecule has 1 heterocycles. The van der Waals surface area contributed by atoms with Crippen LogP contribution in [0.4, 0.5) is 5.95 Å². The number of aryl methyl sites for hydroxylation is 1. The van der Waals surface area contributed by atoms with E-state index >= 15 is 0 Å². The molecule has 0 fully saturated rings. The first-order valence-corrected chi connectivity index (χ1v) is 6.74. The van der Waals surface area contributed by atoms with E-state index in [0.717, 1.165) is 11.3 Å². The van der Waals surface area contributed by atoms with Gasteiger partial charge in [-0.3, -0.25) is 4.68 Å². The second kappa shape index (κ2) is 5.94. The molecule has 2 rings (SSSR count). The Kier molecular flexibility index (Phi) is 4.27. The Balaban J connectivity index is 1.92. The maximum absolute atomic E-state index is 5.80. The maximum Gasteiger partial charge on any atom is 0.242 e. The van der Waals surface area contributed by atoms with E-state index in [0.29, 0.717) is 19.1 Å².